The molecule has 12 heteroatoms. The van der Waals surface area contributed by atoms with Crippen LogP contribution < -0.4 is 5.43 Å². The molecule has 0 aliphatic rings. The van der Waals surface area contributed by atoms with Crippen LogP contribution >= 0.6 is 46.5 Å². The van der Waals surface area contributed by atoms with E-state index in [1.165, 1.54) is 35.2 Å². The van der Waals surface area contributed by atoms with E-state index in [9.17, 15) is 14.9 Å². The van der Waals surface area contributed by atoms with E-state index < -0.39 is 4.92 Å². The molecule has 0 atom stereocenters. The fourth-order valence-electron chi connectivity index (χ4n) is 2.23. The predicted molar refractivity (Wildman–Crippen MR) is 125 cm³/mol. The number of benzene rings is 2. The van der Waals surface area contributed by atoms with E-state index >= 15 is 0 Å². The second-order valence-electron chi connectivity index (χ2n) is 6.07. The van der Waals surface area contributed by atoms with Crippen molar-refractivity contribution in [3.63, 3.8) is 0 Å². The van der Waals surface area contributed by atoms with Gasteiger partial charge in [-0.25, -0.2) is 5.43 Å². The number of hydrogen-bond donors (Lipinski definition) is 1. The zero-order chi connectivity index (χ0) is 22.2. The second kappa shape index (κ2) is 11.2. The van der Waals surface area contributed by atoms with Gasteiger partial charge in [0.1, 0.15) is 0 Å². The average molecular weight is 494 g/mol. The third-order valence-electron chi connectivity index (χ3n) is 3.83. The Bertz CT molecular complexity index is 1090. The van der Waals surface area contributed by atoms with E-state index in [1.54, 1.807) is 30.8 Å². The number of halogens is 1. The highest BCUT2D eigenvalue weighted by atomic mass is 35.5. The lowest BCUT2D eigenvalue weighted by molar-refractivity contribution is -0.384. The van der Waals surface area contributed by atoms with Crippen LogP contribution in [0.1, 0.15) is 18.1 Å². The summed E-state index contributed by atoms with van der Waals surface area (Å²) in [6.07, 6.45) is 0. The number of nitro groups is 1. The molecule has 0 unspecified atom stereocenters. The van der Waals surface area contributed by atoms with Crippen molar-refractivity contribution in [1.29, 1.82) is 0 Å². The molecule has 0 fully saturated rings. The molecule has 160 valence electrons. The van der Waals surface area contributed by atoms with Gasteiger partial charge in [0.25, 0.3) is 11.6 Å². The van der Waals surface area contributed by atoms with Crippen LogP contribution in [0.15, 0.2) is 62.3 Å². The second-order valence-corrected chi connectivity index (χ2v) is 9.93. The maximum absolute atomic E-state index is 12.1. The lowest BCUT2D eigenvalue weighted by Gasteiger charge is -2.02. The van der Waals surface area contributed by atoms with Crippen LogP contribution in [0.4, 0.5) is 5.69 Å². The summed E-state index contributed by atoms with van der Waals surface area (Å²) in [5, 5.41) is 23.7. The summed E-state index contributed by atoms with van der Waals surface area (Å²) >= 11 is 10.2. The first-order chi connectivity index (χ1) is 14.9. The summed E-state index contributed by atoms with van der Waals surface area (Å²) < 4.78 is 1.52. The average Bonchev–Trinajstić information content (AvgIpc) is 3.23. The largest absolute Gasteiger partial charge is 0.272 e. The number of aromatic nitrogens is 2. The third kappa shape index (κ3) is 7.31. The first-order valence-corrected chi connectivity index (χ1v) is 12.0. The maximum Gasteiger partial charge on any atom is 0.269 e. The van der Waals surface area contributed by atoms with E-state index in [4.69, 9.17) is 11.6 Å². The Balaban J connectivity index is 1.44. The summed E-state index contributed by atoms with van der Waals surface area (Å²) in [5.41, 5.74) is 4.85. The van der Waals surface area contributed by atoms with Crippen molar-refractivity contribution in [3.8, 4) is 0 Å². The summed E-state index contributed by atoms with van der Waals surface area (Å²) in [5.74, 6) is 0.623. The van der Waals surface area contributed by atoms with Crippen molar-refractivity contribution < 1.29 is 9.72 Å². The van der Waals surface area contributed by atoms with E-state index in [-0.39, 0.29) is 17.3 Å². The fourth-order valence-corrected chi connectivity index (χ4v) is 5.13. The molecule has 1 aromatic heterocycles. The Morgan fingerprint density at radius 2 is 1.77 bits per heavy atom. The maximum atomic E-state index is 12.1. The third-order valence-corrected chi connectivity index (χ3v) is 7.35. The van der Waals surface area contributed by atoms with Crippen molar-refractivity contribution in [2.45, 2.75) is 21.4 Å². The standard InChI is InChI=1S/C19H16ClN5O3S3/c1-12(14-4-8-16(9-5-14)25(27)28)21-22-17(26)11-30-19-24-23-18(31-19)29-10-13-2-6-15(20)7-3-13/h2-9H,10-11H2,1H3,(H,22,26). The molecule has 1 amide bonds. The van der Waals surface area contributed by atoms with Crippen LogP contribution in [0.25, 0.3) is 0 Å². The normalized spacial score (nSPS) is 11.4. The number of hydrogen-bond acceptors (Lipinski definition) is 9. The first-order valence-electron chi connectivity index (χ1n) is 8.82. The molecule has 0 aliphatic carbocycles. The smallest absolute Gasteiger partial charge is 0.269 e. The highest BCUT2D eigenvalue weighted by molar-refractivity contribution is 8.03. The molecule has 3 aromatic rings. The molecule has 8 nitrogen and oxygen atoms in total. The van der Waals surface area contributed by atoms with Crippen molar-refractivity contribution >= 4 is 63.8 Å². The Morgan fingerprint density at radius 1 is 1.13 bits per heavy atom. The number of nitro benzene ring substituents is 1. The van der Waals surface area contributed by atoms with Crippen LogP contribution in [0.2, 0.25) is 5.02 Å². The molecule has 0 spiro atoms. The van der Waals surface area contributed by atoms with Gasteiger partial charge in [-0.1, -0.05) is 58.6 Å². The highest BCUT2D eigenvalue weighted by Crippen LogP contribution is 2.30. The number of nitrogens with one attached hydrogen (secondary N) is 1. The van der Waals surface area contributed by atoms with E-state index in [0.717, 1.165) is 15.7 Å². The summed E-state index contributed by atoms with van der Waals surface area (Å²) in [7, 11) is 0. The molecule has 0 saturated carbocycles. The van der Waals surface area contributed by atoms with Gasteiger partial charge in [-0.15, -0.1) is 10.2 Å². The topological polar surface area (TPSA) is 110 Å². The van der Waals surface area contributed by atoms with Crippen LogP contribution in [-0.2, 0) is 10.5 Å². The predicted octanol–water partition coefficient (Wildman–Crippen LogP) is 5.02. The van der Waals surface area contributed by atoms with Gasteiger partial charge in [-0.2, -0.15) is 5.10 Å². The zero-order valence-corrected chi connectivity index (χ0v) is 19.4. The van der Waals surface area contributed by atoms with E-state index in [0.29, 0.717) is 20.6 Å². The number of non-ortho nitro benzene ring substituents is 1. The molecule has 3 rings (SSSR count). The number of amides is 1. The molecular weight excluding hydrogens is 478 g/mol. The molecular formula is C19H16ClN5O3S3. The molecule has 0 radical (unpaired) electrons. The number of rotatable bonds is 9. The van der Waals surface area contributed by atoms with Crippen LogP contribution in [-0.4, -0.2) is 32.5 Å². The monoisotopic (exact) mass is 493 g/mol. The Kier molecular flexibility index (Phi) is 8.41. The zero-order valence-electron chi connectivity index (χ0n) is 16.1. The summed E-state index contributed by atoms with van der Waals surface area (Å²) in [4.78, 5) is 22.3. The minimum absolute atomic E-state index is 0.000240. The number of nitrogens with zero attached hydrogens (tertiary/aromatic N) is 4. The molecule has 31 heavy (non-hydrogen) atoms. The fraction of sp³-hybridized carbons (Fsp3) is 0.158. The molecule has 0 saturated heterocycles. The van der Waals surface area contributed by atoms with Crippen molar-refractivity contribution in [2.75, 3.05) is 5.75 Å². The lowest BCUT2D eigenvalue weighted by atomic mass is 10.1. The molecule has 1 heterocycles. The molecule has 1 N–H and O–H groups in total. The molecule has 0 aliphatic heterocycles. The quantitative estimate of drug-likeness (QED) is 0.193. The van der Waals surface area contributed by atoms with E-state index in [1.807, 2.05) is 24.3 Å². The number of carbonyl (C=O) groups excluding carboxylic acids is 1. The van der Waals surface area contributed by atoms with Crippen LogP contribution in [0.3, 0.4) is 0 Å². The Morgan fingerprint density at radius 3 is 2.42 bits per heavy atom. The van der Waals surface area contributed by atoms with Gasteiger partial charge in [0.2, 0.25) is 0 Å². The summed E-state index contributed by atoms with van der Waals surface area (Å²) in [6.45, 7) is 1.71. The first kappa shape index (κ1) is 23.2. The van der Waals surface area contributed by atoms with Crippen molar-refractivity contribution in [2.24, 2.45) is 5.10 Å². The Hall–Kier alpha value is -2.47. The number of hydrazone groups is 1. The lowest BCUT2D eigenvalue weighted by Crippen LogP contribution is -2.21. The van der Waals surface area contributed by atoms with Gasteiger partial charge in [0, 0.05) is 22.9 Å². The minimum Gasteiger partial charge on any atom is -0.272 e. The summed E-state index contributed by atoms with van der Waals surface area (Å²) in [6, 6.07) is 13.6. The van der Waals surface area contributed by atoms with E-state index in [2.05, 4.69) is 20.7 Å². The van der Waals surface area contributed by atoms with Crippen LogP contribution in [0.5, 0.6) is 0 Å². The van der Waals surface area contributed by atoms with Gasteiger partial charge in [-0.05, 0) is 42.3 Å². The molecule has 0 bridgehead atoms. The SMILES string of the molecule is CC(=NNC(=O)CSc1nnc(SCc2ccc(Cl)cc2)s1)c1ccc([N+](=O)[O-])cc1. The van der Waals surface area contributed by atoms with Gasteiger partial charge in [0.05, 0.1) is 16.4 Å². The number of carbonyl (C=O) groups is 1. The molecule has 2 aromatic carbocycles. The van der Waals surface area contributed by atoms with Gasteiger partial charge in [-0.3, -0.25) is 14.9 Å². The highest BCUT2D eigenvalue weighted by Gasteiger charge is 2.10. The van der Waals surface area contributed by atoms with Gasteiger partial charge >= 0.3 is 0 Å². The van der Waals surface area contributed by atoms with Crippen molar-refractivity contribution in [1.82, 2.24) is 15.6 Å². The minimum atomic E-state index is -0.468. The Labute approximate surface area is 195 Å². The van der Waals surface area contributed by atoms with Crippen LogP contribution in [0, 0.1) is 10.1 Å². The number of thioether (sulfide) groups is 2. The van der Waals surface area contributed by atoms with Crippen molar-refractivity contribution in [3.05, 3.63) is 74.8 Å². The van der Waals surface area contributed by atoms with Gasteiger partial charge in [0.15, 0.2) is 8.68 Å². The van der Waals surface area contributed by atoms with Gasteiger partial charge < -0.3 is 0 Å².